The first kappa shape index (κ1) is 17.5. The molecule has 142 valence electrons. The molecule has 1 fully saturated rings. The molecule has 1 atom stereocenters. The molecule has 2 aromatic heterocycles. The van der Waals surface area contributed by atoms with Gasteiger partial charge in [-0.05, 0) is 37.1 Å². The van der Waals surface area contributed by atoms with Crippen molar-refractivity contribution in [3.63, 3.8) is 0 Å². The summed E-state index contributed by atoms with van der Waals surface area (Å²) in [6, 6.07) is 7.58. The van der Waals surface area contributed by atoms with Crippen molar-refractivity contribution in [1.82, 2.24) is 19.1 Å². The molecule has 0 N–H and O–H groups in total. The molecule has 1 aliphatic heterocycles. The molecule has 7 nitrogen and oxygen atoms in total. The first-order valence-corrected chi connectivity index (χ1v) is 9.20. The second kappa shape index (κ2) is 7.34. The van der Waals surface area contributed by atoms with Crippen LogP contribution < -0.4 is 9.47 Å². The molecule has 0 spiro atoms. The minimum absolute atomic E-state index is 0.0425. The topological polar surface area (TPSA) is 61.0 Å². The Bertz CT molecular complexity index is 929. The monoisotopic (exact) mass is 368 g/mol. The molecule has 0 saturated carbocycles. The molecule has 0 bridgehead atoms. The van der Waals surface area contributed by atoms with E-state index in [0.717, 1.165) is 36.5 Å². The highest BCUT2D eigenvalue weighted by Crippen LogP contribution is 2.23. The molecule has 27 heavy (non-hydrogen) atoms. The number of hydrogen-bond acceptors (Lipinski definition) is 4. The molecule has 3 aromatic rings. The summed E-state index contributed by atoms with van der Waals surface area (Å²) in [5.74, 6) is 2.00. The Kier molecular flexibility index (Phi) is 4.75. The van der Waals surface area contributed by atoms with E-state index in [2.05, 4.69) is 5.10 Å². The molecule has 7 heteroatoms. The van der Waals surface area contributed by atoms with Crippen molar-refractivity contribution in [2.24, 2.45) is 13.0 Å². The maximum Gasteiger partial charge on any atom is 0.259 e. The number of carbonyl (C=O) groups excluding carboxylic acids is 1. The maximum atomic E-state index is 13.0. The number of ether oxygens (including phenoxy) is 2. The first-order chi connectivity index (χ1) is 13.2. The van der Waals surface area contributed by atoms with Crippen LogP contribution in [0.15, 0.2) is 42.9 Å². The molecule has 1 saturated heterocycles. The van der Waals surface area contributed by atoms with Crippen LogP contribution >= 0.6 is 0 Å². The van der Waals surface area contributed by atoms with E-state index in [1.807, 2.05) is 53.2 Å². The van der Waals surface area contributed by atoms with Crippen LogP contribution in [0.1, 0.15) is 23.2 Å². The van der Waals surface area contributed by atoms with Crippen molar-refractivity contribution in [2.45, 2.75) is 12.8 Å². The highest BCUT2D eigenvalue weighted by molar-refractivity contribution is 5.99. The van der Waals surface area contributed by atoms with Crippen LogP contribution in [-0.2, 0) is 7.05 Å². The summed E-state index contributed by atoms with van der Waals surface area (Å²) < 4.78 is 14.8. The van der Waals surface area contributed by atoms with E-state index in [4.69, 9.17) is 9.47 Å². The van der Waals surface area contributed by atoms with Gasteiger partial charge in [0.25, 0.3) is 5.91 Å². The van der Waals surface area contributed by atoms with Crippen LogP contribution in [0.5, 0.6) is 11.5 Å². The summed E-state index contributed by atoms with van der Waals surface area (Å²) >= 11 is 0. The van der Waals surface area contributed by atoms with Gasteiger partial charge < -0.3 is 18.9 Å². The number of amides is 1. The predicted molar refractivity (Wildman–Crippen MR) is 101 cm³/mol. The van der Waals surface area contributed by atoms with Gasteiger partial charge in [0.1, 0.15) is 22.7 Å². The fourth-order valence-electron chi connectivity index (χ4n) is 3.64. The maximum absolute atomic E-state index is 13.0. The first-order valence-electron chi connectivity index (χ1n) is 9.20. The van der Waals surface area contributed by atoms with Gasteiger partial charge >= 0.3 is 0 Å². The third-order valence-electron chi connectivity index (χ3n) is 5.12. The van der Waals surface area contributed by atoms with Gasteiger partial charge in [-0.15, -0.1) is 0 Å². The molecular weight excluding hydrogens is 344 g/mol. The largest absolute Gasteiger partial charge is 0.497 e. The average molecular weight is 368 g/mol. The van der Waals surface area contributed by atoms with E-state index in [0.29, 0.717) is 24.6 Å². The number of aryl methyl sites for hydroxylation is 1. The fourth-order valence-corrected chi connectivity index (χ4v) is 3.64. The highest BCUT2D eigenvalue weighted by Gasteiger charge is 2.27. The summed E-state index contributed by atoms with van der Waals surface area (Å²) in [5.41, 5.74) is 1.48. The number of rotatable bonds is 5. The Hall–Kier alpha value is -2.96. The third kappa shape index (κ3) is 3.49. The summed E-state index contributed by atoms with van der Waals surface area (Å²) in [6.07, 6.45) is 7.47. The number of aromatic nitrogens is 3. The van der Waals surface area contributed by atoms with Crippen molar-refractivity contribution in [3.05, 3.63) is 48.4 Å². The second-order valence-corrected chi connectivity index (χ2v) is 6.98. The minimum Gasteiger partial charge on any atom is -0.497 e. The molecule has 1 amide bonds. The molecule has 1 aliphatic rings. The Morgan fingerprint density at radius 1 is 1.22 bits per heavy atom. The van der Waals surface area contributed by atoms with Crippen LogP contribution in [0.4, 0.5) is 0 Å². The minimum atomic E-state index is 0.0425. The zero-order chi connectivity index (χ0) is 18.8. The molecule has 4 rings (SSSR count). The number of nitrogens with zero attached hydrogens (tertiary/aromatic N) is 4. The predicted octanol–water partition coefficient (Wildman–Crippen LogP) is 2.61. The van der Waals surface area contributed by atoms with Crippen LogP contribution in [-0.4, -0.2) is 51.8 Å². The molecule has 3 heterocycles. The smallest absolute Gasteiger partial charge is 0.259 e. The lowest BCUT2D eigenvalue weighted by Crippen LogP contribution is -2.41. The quantitative estimate of drug-likeness (QED) is 0.695. The van der Waals surface area contributed by atoms with Gasteiger partial charge in [0.05, 0.1) is 19.9 Å². The van der Waals surface area contributed by atoms with Crippen molar-refractivity contribution in [1.29, 1.82) is 0 Å². The standard InChI is InChI=1S/C20H24N4O3/c1-22-10-11-24-19(22)18(12-21-24)20(25)23-9-3-4-15(13-23)14-27-17-7-5-16(26-2)6-8-17/h5-8,10-12,15H,3-4,9,13-14H2,1-2H3/t15-/m1/s1. The normalized spacial score (nSPS) is 17.3. The summed E-state index contributed by atoms with van der Waals surface area (Å²) in [7, 11) is 3.57. The van der Waals surface area contributed by atoms with Gasteiger partial charge in [0.15, 0.2) is 0 Å². The van der Waals surface area contributed by atoms with E-state index < -0.39 is 0 Å². The lowest BCUT2D eigenvalue weighted by atomic mass is 9.98. The number of likely N-dealkylation sites (tertiary alicyclic amines) is 1. The van der Waals surface area contributed by atoms with Crippen LogP contribution in [0.3, 0.4) is 0 Å². The Morgan fingerprint density at radius 2 is 2.00 bits per heavy atom. The number of benzene rings is 1. The Balaban J connectivity index is 1.40. The molecule has 0 unspecified atom stereocenters. The van der Waals surface area contributed by atoms with Gasteiger partial charge in [-0.25, -0.2) is 4.52 Å². The number of carbonyl (C=O) groups is 1. The van der Waals surface area contributed by atoms with Crippen LogP contribution in [0, 0.1) is 5.92 Å². The second-order valence-electron chi connectivity index (χ2n) is 6.98. The SMILES string of the molecule is COc1ccc(OC[C@@H]2CCCN(C(=O)c3cnn4ccn(C)c34)C2)cc1. The number of piperidine rings is 1. The van der Waals surface area contributed by atoms with E-state index in [-0.39, 0.29) is 5.91 Å². The van der Waals surface area contributed by atoms with Gasteiger partial charge in [-0.1, -0.05) is 0 Å². The van der Waals surface area contributed by atoms with E-state index in [1.54, 1.807) is 17.8 Å². The molecule has 0 aliphatic carbocycles. The molecule has 0 radical (unpaired) electrons. The highest BCUT2D eigenvalue weighted by atomic mass is 16.5. The Morgan fingerprint density at radius 3 is 2.78 bits per heavy atom. The number of imidazole rings is 1. The summed E-state index contributed by atoms with van der Waals surface area (Å²) in [5, 5.41) is 4.28. The zero-order valence-electron chi connectivity index (χ0n) is 15.7. The van der Waals surface area contributed by atoms with Crippen molar-refractivity contribution in [2.75, 3.05) is 26.8 Å². The van der Waals surface area contributed by atoms with Gasteiger partial charge in [-0.3, -0.25) is 4.79 Å². The van der Waals surface area contributed by atoms with Crippen molar-refractivity contribution < 1.29 is 14.3 Å². The summed E-state index contributed by atoms with van der Waals surface area (Å²) in [4.78, 5) is 14.9. The average Bonchev–Trinajstić information content (AvgIpc) is 3.29. The molecule has 1 aromatic carbocycles. The van der Waals surface area contributed by atoms with E-state index in [9.17, 15) is 4.79 Å². The van der Waals surface area contributed by atoms with Crippen molar-refractivity contribution >= 4 is 11.6 Å². The molecular formula is C20H24N4O3. The van der Waals surface area contributed by atoms with Gasteiger partial charge in [0.2, 0.25) is 0 Å². The van der Waals surface area contributed by atoms with Crippen LogP contribution in [0.2, 0.25) is 0 Å². The fraction of sp³-hybridized carbons (Fsp3) is 0.400. The van der Waals surface area contributed by atoms with E-state index >= 15 is 0 Å². The summed E-state index contributed by atoms with van der Waals surface area (Å²) in [6.45, 7) is 2.08. The lowest BCUT2D eigenvalue weighted by molar-refractivity contribution is 0.0635. The number of methoxy groups -OCH3 is 1. The van der Waals surface area contributed by atoms with E-state index in [1.165, 1.54) is 0 Å². The van der Waals surface area contributed by atoms with Gasteiger partial charge in [-0.2, -0.15) is 5.10 Å². The van der Waals surface area contributed by atoms with Gasteiger partial charge in [0, 0.05) is 38.4 Å². The number of fused-ring (bicyclic) bond motifs is 1. The van der Waals surface area contributed by atoms with Crippen molar-refractivity contribution in [3.8, 4) is 11.5 Å². The van der Waals surface area contributed by atoms with Crippen LogP contribution in [0.25, 0.3) is 5.65 Å². The number of hydrogen-bond donors (Lipinski definition) is 0. The zero-order valence-corrected chi connectivity index (χ0v) is 15.7. The Labute approximate surface area is 158 Å². The third-order valence-corrected chi connectivity index (χ3v) is 5.12. The lowest BCUT2D eigenvalue weighted by Gasteiger charge is -2.32.